The molecular formula is C16H14F2N4O4. The summed E-state index contributed by atoms with van der Waals surface area (Å²) in [5.41, 5.74) is 1.82. The minimum atomic E-state index is -2.94. The summed E-state index contributed by atoms with van der Waals surface area (Å²) in [6.07, 6.45) is 1.87. The number of pyridine rings is 1. The van der Waals surface area contributed by atoms with E-state index < -0.39 is 11.5 Å². The molecule has 0 atom stereocenters. The Bertz CT molecular complexity index is 843. The lowest BCUT2D eigenvalue weighted by molar-refractivity contribution is -0.384. The van der Waals surface area contributed by atoms with Crippen LogP contribution >= 0.6 is 0 Å². The van der Waals surface area contributed by atoms with E-state index >= 15 is 0 Å². The van der Waals surface area contributed by atoms with Gasteiger partial charge in [0, 0.05) is 18.2 Å². The summed E-state index contributed by atoms with van der Waals surface area (Å²) in [7, 11) is 0. The first kappa shape index (κ1) is 17.5. The van der Waals surface area contributed by atoms with E-state index in [-0.39, 0.29) is 36.0 Å². The van der Waals surface area contributed by atoms with E-state index in [1.807, 2.05) is 0 Å². The van der Waals surface area contributed by atoms with Crippen molar-refractivity contribution in [2.45, 2.75) is 26.0 Å². The maximum absolute atomic E-state index is 12.1. The maximum atomic E-state index is 12.1. The van der Waals surface area contributed by atoms with E-state index in [1.54, 1.807) is 0 Å². The fourth-order valence-corrected chi connectivity index (χ4v) is 2.58. The lowest BCUT2D eigenvalue weighted by Gasteiger charge is -2.18. The van der Waals surface area contributed by atoms with E-state index in [2.05, 4.69) is 20.4 Å². The highest BCUT2D eigenvalue weighted by Gasteiger charge is 2.22. The molecule has 1 amide bonds. The molecule has 8 nitrogen and oxygen atoms in total. The second-order valence-electron chi connectivity index (χ2n) is 5.55. The van der Waals surface area contributed by atoms with E-state index in [0.29, 0.717) is 23.4 Å². The average molecular weight is 364 g/mol. The van der Waals surface area contributed by atoms with Crippen molar-refractivity contribution in [2.75, 3.05) is 10.6 Å². The Morgan fingerprint density at radius 3 is 2.81 bits per heavy atom. The number of anilines is 2. The van der Waals surface area contributed by atoms with E-state index in [1.165, 1.54) is 24.3 Å². The smallest absolute Gasteiger partial charge is 0.387 e. The molecule has 0 saturated carbocycles. The van der Waals surface area contributed by atoms with Crippen LogP contribution in [-0.4, -0.2) is 22.4 Å². The monoisotopic (exact) mass is 364 g/mol. The number of rotatable bonds is 6. The van der Waals surface area contributed by atoms with Crippen molar-refractivity contribution in [1.82, 2.24) is 4.98 Å². The predicted octanol–water partition coefficient (Wildman–Crippen LogP) is 3.09. The Morgan fingerprint density at radius 1 is 1.35 bits per heavy atom. The van der Waals surface area contributed by atoms with Gasteiger partial charge in [-0.2, -0.15) is 8.78 Å². The number of aromatic nitrogens is 1. The average Bonchev–Trinajstić information content (AvgIpc) is 2.59. The molecule has 1 aromatic heterocycles. The number of carbonyl (C=O) groups is 1. The highest BCUT2D eigenvalue weighted by Crippen LogP contribution is 2.34. The standard InChI is InChI=1S/C16H14F2N4O4/c17-16(18)26-11-3-2-10(19-8-11)7-20-13-6-12-9(1-4-15(23)21-12)5-14(13)22(24)25/h2-3,5-6,8,16,20H,1,4,7H2,(H,21,23). The van der Waals surface area contributed by atoms with Gasteiger partial charge in [-0.15, -0.1) is 0 Å². The SMILES string of the molecule is O=C1CCc2cc([N+](=O)[O-])c(NCc3ccc(OC(F)F)cn3)cc2N1. The van der Waals surface area contributed by atoms with Crippen molar-refractivity contribution < 1.29 is 23.2 Å². The summed E-state index contributed by atoms with van der Waals surface area (Å²) in [5, 5.41) is 16.9. The fourth-order valence-electron chi connectivity index (χ4n) is 2.58. The van der Waals surface area contributed by atoms with Gasteiger partial charge in [0.15, 0.2) is 0 Å². The van der Waals surface area contributed by atoms with Crippen LogP contribution in [0.25, 0.3) is 0 Å². The lowest BCUT2D eigenvalue weighted by Crippen LogP contribution is -2.19. The molecule has 0 bridgehead atoms. The number of benzene rings is 1. The zero-order valence-electron chi connectivity index (χ0n) is 13.4. The van der Waals surface area contributed by atoms with Gasteiger partial charge in [0.05, 0.1) is 23.4 Å². The van der Waals surface area contributed by atoms with Crippen molar-refractivity contribution in [3.8, 4) is 5.75 Å². The third kappa shape index (κ3) is 4.02. The molecule has 0 unspecified atom stereocenters. The zero-order chi connectivity index (χ0) is 18.7. The second kappa shape index (κ2) is 7.30. The van der Waals surface area contributed by atoms with Crippen molar-refractivity contribution in [3.05, 3.63) is 51.8 Å². The molecule has 1 aromatic carbocycles. The molecule has 2 heterocycles. The first-order valence-electron chi connectivity index (χ1n) is 7.67. The number of nitrogens with zero attached hydrogens (tertiary/aromatic N) is 2. The Balaban J connectivity index is 1.77. The van der Waals surface area contributed by atoms with Crippen LogP contribution in [0, 0.1) is 10.1 Å². The van der Waals surface area contributed by atoms with Crippen LogP contribution in [0.1, 0.15) is 17.7 Å². The van der Waals surface area contributed by atoms with Crippen LogP contribution < -0.4 is 15.4 Å². The Labute approximate surface area is 146 Å². The molecule has 2 aromatic rings. The van der Waals surface area contributed by atoms with Gasteiger partial charge >= 0.3 is 6.61 Å². The van der Waals surface area contributed by atoms with E-state index in [4.69, 9.17) is 0 Å². The topological polar surface area (TPSA) is 106 Å². The molecule has 1 aliphatic heterocycles. The van der Waals surface area contributed by atoms with Gasteiger partial charge in [0.2, 0.25) is 5.91 Å². The van der Waals surface area contributed by atoms with Gasteiger partial charge in [-0.3, -0.25) is 19.9 Å². The van der Waals surface area contributed by atoms with Crippen LogP contribution in [-0.2, 0) is 17.8 Å². The summed E-state index contributed by atoms with van der Waals surface area (Å²) >= 11 is 0. The van der Waals surface area contributed by atoms with Gasteiger partial charge < -0.3 is 15.4 Å². The van der Waals surface area contributed by atoms with Gasteiger partial charge in [0.1, 0.15) is 11.4 Å². The predicted molar refractivity (Wildman–Crippen MR) is 88.2 cm³/mol. The number of alkyl halides is 2. The number of hydrogen-bond acceptors (Lipinski definition) is 6. The molecular weight excluding hydrogens is 350 g/mol. The summed E-state index contributed by atoms with van der Waals surface area (Å²) < 4.78 is 28.4. The summed E-state index contributed by atoms with van der Waals surface area (Å²) in [5.74, 6) is -0.222. The van der Waals surface area contributed by atoms with Crippen LogP contribution in [0.4, 0.5) is 25.8 Å². The van der Waals surface area contributed by atoms with Crippen LogP contribution in [0.2, 0.25) is 0 Å². The van der Waals surface area contributed by atoms with Crippen LogP contribution in [0.15, 0.2) is 30.5 Å². The van der Waals surface area contributed by atoms with Gasteiger partial charge in [-0.05, 0) is 30.2 Å². The molecule has 136 valence electrons. The summed E-state index contributed by atoms with van der Waals surface area (Å²) in [6.45, 7) is -2.81. The Hall–Kier alpha value is -3.30. The van der Waals surface area contributed by atoms with Crippen molar-refractivity contribution in [1.29, 1.82) is 0 Å². The minimum absolute atomic E-state index is 0.0776. The number of carbonyl (C=O) groups excluding carboxylic acids is 1. The van der Waals surface area contributed by atoms with E-state index in [9.17, 15) is 23.7 Å². The van der Waals surface area contributed by atoms with Crippen LogP contribution in [0.5, 0.6) is 5.75 Å². The molecule has 0 saturated heterocycles. The first-order valence-corrected chi connectivity index (χ1v) is 7.67. The third-order valence-corrected chi connectivity index (χ3v) is 3.80. The zero-order valence-corrected chi connectivity index (χ0v) is 13.4. The highest BCUT2D eigenvalue weighted by molar-refractivity contribution is 5.95. The van der Waals surface area contributed by atoms with Gasteiger partial charge in [0.25, 0.3) is 5.69 Å². The van der Waals surface area contributed by atoms with E-state index in [0.717, 1.165) is 6.20 Å². The second-order valence-corrected chi connectivity index (χ2v) is 5.55. The highest BCUT2D eigenvalue weighted by atomic mass is 19.3. The number of halogens is 2. The number of amides is 1. The Morgan fingerprint density at radius 2 is 2.15 bits per heavy atom. The minimum Gasteiger partial charge on any atom is -0.433 e. The quantitative estimate of drug-likeness (QED) is 0.603. The van der Waals surface area contributed by atoms with Crippen LogP contribution in [0.3, 0.4) is 0 Å². The normalized spacial score (nSPS) is 13.1. The molecule has 0 radical (unpaired) electrons. The number of hydrogen-bond donors (Lipinski definition) is 2. The molecule has 0 aliphatic carbocycles. The molecule has 0 spiro atoms. The number of nitro benzene ring substituents is 1. The molecule has 1 aliphatic rings. The Kier molecular flexibility index (Phi) is 4.92. The number of nitrogens with one attached hydrogen (secondary N) is 2. The molecule has 10 heteroatoms. The maximum Gasteiger partial charge on any atom is 0.387 e. The fraction of sp³-hybridized carbons (Fsp3) is 0.250. The summed E-state index contributed by atoms with van der Waals surface area (Å²) in [6, 6.07) is 5.75. The van der Waals surface area contributed by atoms with Crippen molar-refractivity contribution in [3.63, 3.8) is 0 Å². The lowest BCUT2D eigenvalue weighted by atomic mass is 10.0. The van der Waals surface area contributed by atoms with Gasteiger partial charge in [-0.1, -0.05) is 0 Å². The third-order valence-electron chi connectivity index (χ3n) is 3.80. The molecule has 26 heavy (non-hydrogen) atoms. The number of fused-ring (bicyclic) bond motifs is 1. The van der Waals surface area contributed by atoms with Crippen molar-refractivity contribution in [2.24, 2.45) is 0 Å². The molecule has 3 rings (SSSR count). The summed E-state index contributed by atoms with van der Waals surface area (Å²) in [4.78, 5) is 26.3. The van der Waals surface area contributed by atoms with Crippen molar-refractivity contribution >= 4 is 23.0 Å². The number of ether oxygens (including phenoxy) is 1. The van der Waals surface area contributed by atoms with Gasteiger partial charge in [-0.25, -0.2) is 0 Å². The first-order chi connectivity index (χ1) is 12.4. The number of aryl methyl sites for hydroxylation is 1. The molecule has 2 N–H and O–H groups in total. The number of nitro groups is 1. The molecule has 0 fully saturated rings. The largest absolute Gasteiger partial charge is 0.433 e.